The third-order valence-electron chi connectivity index (χ3n) is 2.58. The summed E-state index contributed by atoms with van der Waals surface area (Å²) in [4.78, 5) is -0.00986. The van der Waals surface area contributed by atoms with Crippen molar-refractivity contribution in [3.05, 3.63) is 51.9 Å². The topological polar surface area (TPSA) is 22.4 Å². The first-order valence-corrected chi connectivity index (χ1v) is 6.86. The van der Waals surface area contributed by atoms with E-state index >= 15 is 0 Å². The molecular weight excluding hydrogens is 348 g/mol. The van der Waals surface area contributed by atoms with Gasteiger partial charge in [0.15, 0.2) is 0 Å². The lowest BCUT2D eigenvalue weighted by Crippen LogP contribution is -1.97. The Bertz CT molecular complexity index is 506. The van der Waals surface area contributed by atoms with Crippen LogP contribution in [-0.4, -0.2) is 7.11 Å². The summed E-state index contributed by atoms with van der Waals surface area (Å²) in [5.41, 5.74) is 2.18. The number of alkyl halides is 1. The minimum absolute atomic E-state index is 0.00986. The smallest absolute Gasteiger partial charge is 0.123 e. The lowest BCUT2D eigenvalue weighted by molar-refractivity contribution is 0.408. The highest BCUT2D eigenvalue weighted by molar-refractivity contribution is 9.10. The van der Waals surface area contributed by atoms with E-state index in [1.54, 1.807) is 13.4 Å². The van der Waals surface area contributed by atoms with Gasteiger partial charge in [-0.3, -0.25) is 0 Å². The normalized spacial score (nSPS) is 12.5. The van der Waals surface area contributed by atoms with Gasteiger partial charge in [-0.2, -0.15) is 0 Å². The van der Waals surface area contributed by atoms with Gasteiger partial charge < -0.3 is 9.15 Å². The Balaban J connectivity index is 2.47. The molecule has 0 aliphatic carbocycles. The maximum atomic E-state index is 5.41. The maximum absolute atomic E-state index is 5.41. The highest BCUT2D eigenvalue weighted by Crippen LogP contribution is 2.39. The van der Waals surface area contributed by atoms with E-state index in [-0.39, 0.29) is 4.83 Å². The molecule has 0 saturated carbocycles. The molecule has 17 heavy (non-hydrogen) atoms. The molecule has 2 aromatic rings. The Labute approximate surface area is 117 Å². The highest BCUT2D eigenvalue weighted by Gasteiger charge is 2.18. The molecule has 0 amide bonds. The van der Waals surface area contributed by atoms with Crippen LogP contribution in [0.3, 0.4) is 0 Å². The molecule has 0 saturated heterocycles. The number of aryl methyl sites for hydroxylation is 1. The summed E-state index contributed by atoms with van der Waals surface area (Å²) >= 11 is 7.16. The highest BCUT2D eigenvalue weighted by atomic mass is 79.9. The number of rotatable bonds is 3. The molecule has 1 atom stereocenters. The molecular formula is C13H12Br2O2. The predicted molar refractivity (Wildman–Crippen MR) is 74.9 cm³/mol. The van der Waals surface area contributed by atoms with Gasteiger partial charge in [0.25, 0.3) is 0 Å². The summed E-state index contributed by atoms with van der Waals surface area (Å²) < 4.78 is 11.9. The van der Waals surface area contributed by atoms with Crippen molar-refractivity contribution in [2.45, 2.75) is 11.8 Å². The Morgan fingerprint density at radius 2 is 2.12 bits per heavy atom. The maximum Gasteiger partial charge on any atom is 0.123 e. The van der Waals surface area contributed by atoms with Crippen molar-refractivity contribution < 1.29 is 9.15 Å². The quantitative estimate of drug-likeness (QED) is 0.731. The SMILES string of the molecule is COc1cc(C)c(Br)cc1C(Br)c1ccco1. The summed E-state index contributed by atoms with van der Waals surface area (Å²) in [6.45, 7) is 2.03. The number of hydrogen-bond acceptors (Lipinski definition) is 2. The van der Waals surface area contributed by atoms with Gasteiger partial charge in [0.05, 0.1) is 13.4 Å². The number of hydrogen-bond donors (Lipinski definition) is 0. The molecule has 0 aliphatic rings. The molecule has 4 heteroatoms. The van der Waals surface area contributed by atoms with Gasteiger partial charge in [0, 0.05) is 10.0 Å². The van der Waals surface area contributed by atoms with Crippen LogP contribution in [0.15, 0.2) is 39.4 Å². The first kappa shape index (κ1) is 12.7. The van der Waals surface area contributed by atoms with Crippen LogP contribution in [0.2, 0.25) is 0 Å². The van der Waals surface area contributed by atoms with Crippen molar-refractivity contribution in [1.29, 1.82) is 0 Å². The van der Waals surface area contributed by atoms with E-state index in [1.807, 2.05) is 25.1 Å². The fourth-order valence-electron chi connectivity index (χ4n) is 1.63. The van der Waals surface area contributed by atoms with E-state index < -0.39 is 0 Å². The van der Waals surface area contributed by atoms with Crippen LogP contribution in [0.1, 0.15) is 21.7 Å². The van der Waals surface area contributed by atoms with Crippen LogP contribution in [0, 0.1) is 6.92 Å². The number of furan rings is 1. The summed E-state index contributed by atoms with van der Waals surface area (Å²) in [7, 11) is 1.67. The molecule has 1 heterocycles. The van der Waals surface area contributed by atoms with Gasteiger partial charge in [0.2, 0.25) is 0 Å². The van der Waals surface area contributed by atoms with Crippen molar-refractivity contribution in [2.24, 2.45) is 0 Å². The largest absolute Gasteiger partial charge is 0.496 e. The number of ether oxygens (including phenoxy) is 1. The lowest BCUT2D eigenvalue weighted by atomic mass is 10.1. The lowest BCUT2D eigenvalue weighted by Gasteiger charge is -2.14. The zero-order valence-electron chi connectivity index (χ0n) is 9.54. The first-order chi connectivity index (χ1) is 8.13. The Hall–Kier alpha value is -0.740. The predicted octanol–water partition coefficient (Wildman–Crippen LogP) is 4.84. The van der Waals surface area contributed by atoms with Crippen LogP contribution >= 0.6 is 31.9 Å². The monoisotopic (exact) mass is 358 g/mol. The second-order valence-electron chi connectivity index (χ2n) is 3.72. The fourth-order valence-corrected chi connectivity index (χ4v) is 2.61. The van der Waals surface area contributed by atoms with Crippen LogP contribution in [0.4, 0.5) is 0 Å². The number of benzene rings is 1. The van der Waals surface area contributed by atoms with E-state index in [0.29, 0.717) is 0 Å². The molecule has 0 bridgehead atoms. The summed E-state index contributed by atoms with van der Waals surface area (Å²) in [6.07, 6.45) is 1.67. The Kier molecular flexibility index (Phi) is 3.94. The van der Waals surface area contributed by atoms with Crippen molar-refractivity contribution in [3.63, 3.8) is 0 Å². The van der Waals surface area contributed by atoms with Crippen molar-refractivity contribution >= 4 is 31.9 Å². The second kappa shape index (κ2) is 5.27. The van der Waals surface area contributed by atoms with Crippen LogP contribution in [-0.2, 0) is 0 Å². The molecule has 2 nitrogen and oxygen atoms in total. The van der Waals surface area contributed by atoms with Gasteiger partial charge >= 0.3 is 0 Å². The van der Waals surface area contributed by atoms with E-state index in [2.05, 4.69) is 37.9 Å². The molecule has 0 radical (unpaired) electrons. The first-order valence-electron chi connectivity index (χ1n) is 5.15. The van der Waals surface area contributed by atoms with Gasteiger partial charge in [-0.15, -0.1) is 0 Å². The van der Waals surface area contributed by atoms with E-state index in [1.165, 1.54) is 0 Å². The fraction of sp³-hybridized carbons (Fsp3) is 0.231. The van der Waals surface area contributed by atoms with Gasteiger partial charge in [-0.1, -0.05) is 31.9 Å². The molecule has 0 fully saturated rings. The standard InChI is InChI=1S/C13H12Br2O2/c1-8-6-12(16-2)9(7-10(8)14)13(15)11-4-3-5-17-11/h3-7,13H,1-2H3. The second-order valence-corrected chi connectivity index (χ2v) is 5.49. The Morgan fingerprint density at radius 3 is 2.71 bits per heavy atom. The minimum Gasteiger partial charge on any atom is -0.496 e. The molecule has 0 N–H and O–H groups in total. The number of methoxy groups -OCH3 is 1. The van der Waals surface area contributed by atoms with Crippen LogP contribution in [0.5, 0.6) is 5.75 Å². The zero-order chi connectivity index (χ0) is 12.4. The van der Waals surface area contributed by atoms with E-state index in [9.17, 15) is 0 Å². The third kappa shape index (κ3) is 2.58. The van der Waals surface area contributed by atoms with E-state index in [4.69, 9.17) is 9.15 Å². The minimum atomic E-state index is -0.00986. The van der Waals surface area contributed by atoms with Crippen LogP contribution < -0.4 is 4.74 Å². The molecule has 1 unspecified atom stereocenters. The molecule has 0 aliphatic heterocycles. The summed E-state index contributed by atoms with van der Waals surface area (Å²) in [5, 5.41) is 0. The van der Waals surface area contributed by atoms with E-state index in [0.717, 1.165) is 27.1 Å². The van der Waals surface area contributed by atoms with Gasteiger partial charge in [0.1, 0.15) is 16.3 Å². The average molecular weight is 360 g/mol. The molecule has 0 spiro atoms. The molecule has 90 valence electrons. The molecule has 2 rings (SSSR count). The molecule has 1 aromatic carbocycles. The average Bonchev–Trinajstić information content (AvgIpc) is 2.84. The van der Waals surface area contributed by atoms with Gasteiger partial charge in [-0.25, -0.2) is 0 Å². The number of halogens is 2. The Morgan fingerprint density at radius 1 is 1.35 bits per heavy atom. The third-order valence-corrected chi connectivity index (χ3v) is 4.38. The molecule has 1 aromatic heterocycles. The van der Waals surface area contributed by atoms with Gasteiger partial charge in [-0.05, 0) is 36.8 Å². The summed E-state index contributed by atoms with van der Waals surface area (Å²) in [6, 6.07) is 7.87. The zero-order valence-corrected chi connectivity index (χ0v) is 12.7. The van der Waals surface area contributed by atoms with Crippen LogP contribution in [0.25, 0.3) is 0 Å². The summed E-state index contributed by atoms with van der Waals surface area (Å²) in [5.74, 6) is 1.71. The van der Waals surface area contributed by atoms with Crippen molar-refractivity contribution in [2.75, 3.05) is 7.11 Å². The van der Waals surface area contributed by atoms with Crippen molar-refractivity contribution in [1.82, 2.24) is 0 Å². The van der Waals surface area contributed by atoms with Crippen molar-refractivity contribution in [3.8, 4) is 5.75 Å².